The van der Waals surface area contributed by atoms with Gasteiger partial charge < -0.3 is 10.2 Å². The zero-order valence-corrected chi connectivity index (χ0v) is 13.4. The molecule has 1 aromatic rings. The van der Waals surface area contributed by atoms with Gasteiger partial charge in [-0.05, 0) is 39.8 Å². The van der Waals surface area contributed by atoms with Gasteiger partial charge in [-0.25, -0.2) is 4.98 Å². The van der Waals surface area contributed by atoms with Crippen molar-refractivity contribution in [2.45, 2.75) is 51.4 Å². The van der Waals surface area contributed by atoms with Gasteiger partial charge in [0.25, 0.3) is 0 Å². The second kappa shape index (κ2) is 5.61. The van der Waals surface area contributed by atoms with Crippen LogP contribution in [0.3, 0.4) is 0 Å². The third kappa shape index (κ3) is 3.78. The minimum Gasteiger partial charge on any atom is -0.365 e. The molecule has 3 nitrogen and oxygen atoms in total. The lowest BCUT2D eigenvalue weighted by Crippen LogP contribution is -2.45. The summed E-state index contributed by atoms with van der Waals surface area (Å²) in [4.78, 5) is 7.20. The summed E-state index contributed by atoms with van der Waals surface area (Å²) in [5.74, 6) is 3.24. The SMILES string of the molecule is CC1SCCN(c2cccc(NC(C)(C)C)n2)C1C. The van der Waals surface area contributed by atoms with Crippen molar-refractivity contribution >= 4 is 23.4 Å². The van der Waals surface area contributed by atoms with Crippen LogP contribution in [-0.2, 0) is 0 Å². The van der Waals surface area contributed by atoms with Gasteiger partial charge in [-0.15, -0.1) is 0 Å². The summed E-state index contributed by atoms with van der Waals surface area (Å²) in [6.07, 6.45) is 0. The van der Waals surface area contributed by atoms with Gasteiger partial charge in [-0.3, -0.25) is 0 Å². The highest BCUT2D eigenvalue weighted by Gasteiger charge is 2.26. The zero-order valence-electron chi connectivity index (χ0n) is 12.6. The number of aromatic nitrogens is 1. The molecule has 1 saturated heterocycles. The lowest BCUT2D eigenvalue weighted by atomic mass is 10.1. The summed E-state index contributed by atoms with van der Waals surface area (Å²) in [5.41, 5.74) is 0.0439. The van der Waals surface area contributed by atoms with E-state index in [4.69, 9.17) is 4.98 Å². The van der Waals surface area contributed by atoms with Gasteiger partial charge in [0, 0.05) is 29.1 Å². The third-order valence-corrected chi connectivity index (χ3v) is 4.75. The van der Waals surface area contributed by atoms with Gasteiger partial charge in [0.15, 0.2) is 0 Å². The molecule has 1 aromatic heterocycles. The first-order chi connectivity index (χ1) is 8.87. The van der Waals surface area contributed by atoms with E-state index in [1.165, 1.54) is 5.75 Å². The number of thioether (sulfide) groups is 1. The van der Waals surface area contributed by atoms with E-state index in [0.29, 0.717) is 11.3 Å². The fraction of sp³-hybridized carbons (Fsp3) is 0.667. The maximum atomic E-state index is 4.77. The van der Waals surface area contributed by atoms with E-state index >= 15 is 0 Å². The Morgan fingerprint density at radius 3 is 2.74 bits per heavy atom. The van der Waals surface area contributed by atoms with Crippen molar-refractivity contribution in [2.24, 2.45) is 0 Å². The average Bonchev–Trinajstić information content (AvgIpc) is 2.31. The van der Waals surface area contributed by atoms with Crippen molar-refractivity contribution < 1.29 is 0 Å². The summed E-state index contributed by atoms with van der Waals surface area (Å²) in [5, 5.41) is 4.11. The normalized spacial score (nSPS) is 24.4. The highest BCUT2D eigenvalue weighted by molar-refractivity contribution is 8.00. The van der Waals surface area contributed by atoms with Crippen molar-refractivity contribution in [1.29, 1.82) is 0 Å². The molecule has 0 bridgehead atoms. The van der Waals surface area contributed by atoms with Gasteiger partial charge >= 0.3 is 0 Å². The Balaban J connectivity index is 2.18. The molecule has 2 atom stereocenters. The summed E-state index contributed by atoms with van der Waals surface area (Å²) in [6.45, 7) is 12.2. The first kappa shape index (κ1) is 14.5. The number of rotatable bonds is 2. The van der Waals surface area contributed by atoms with E-state index in [9.17, 15) is 0 Å². The number of pyridine rings is 1. The fourth-order valence-corrected chi connectivity index (χ4v) is 3.39. The molecule has 0 aromatic carbocycles. The van der Waals surface area contributed by atoms with E-state index in [2.05, 4.69) is 68.7 Å². The minimum atomic E-state index is 0.0439. The Morgan fingerprint density at radius 1 is 1.32 bits per heavy atom. The Kier molecular flexibility index (Phi) is 4.29. The van der Waals surface area contributed by atoms with Crippen LogP contribution in [0.25, 0.3) is 0 Å². The number of hydrogen-bond donors (Lipinski definition) is 1. The van der Waals surface area contributed by atoms with Crippen LogP contribution in [0.1, 0.15) is 34.6 Å². The maximum Gasteiger partial charge on any atom is 0.131 e. The van der Waals surface area contributed by atoms with E-state index in [1.807, 2.05) is 6.07 Å². The van der Waals surface area contributed by atoms with Crippen LogP contribution in [0.15, 0.2) is 18.2 Å². The smallest absolute Gasteiger partial charge is 0.131 e. The van der Waals surface area contributed by atoms with Crippen LogP contribution >= 0.6 is 11.8 Å². The molecule has 2 unspecified atom stereocenters. The predicted molar refractivity (Wildman–Crippen MR) is 86.3 cm³/mol. The van der Waals surface area contributed by atoms with E-state index in [1.54, 1.807) is 0 Å². The van der Waals surface area contributed by atoms with E-state index < -0.39 is 0 Å². The summed E-state index contributed by atoms with van der Waals surface area (Å²) >= 11 is 2.05. The standard InChI is InChI=1S/C15H25N3S/c1-11-12(2)19-10-9-18(11)14-8-6-7-13(16-14)17-15(3,4)5/h6-8,11-12H,9-10H2,1-5H3,(H,16,17). The molecular weight excluding hydrogens is 254 g/mol. The maximum absolute atomic E-state index is 4.77. The first-order valence-electron chi connectivity index (χ1n) is 7.00. The average molecular weight is 279 g/mol. The second-order valence-corrected chi connectivity index (χ2v) is 7.75. The molecule has 0 spiro atoms. The zero-order chi connectivity index (χ0) is 14.0. The largest absolute Gasteiger partial charge is 0.365 e. The van der Waals surface area contributed by atoms with Crippen molar-refractivity contribution in [3.05, 3.63) is 18.2 Å². The first-order valence-corrected chi connectivity index (χ1v) is 8.05. The van der Waals surface area contributed by atoms with Crippen molar-refractivity contribution in [1.82, 2.24) is 4.98 Å². The van der Waals surface area contributed by atoms with Gasteiger partial charge in [-0.2, -0.15) is 11.8 Å². The molecule has 1 fully saturated rings. The van der Waals surface area contributed by atoms with Gasteiger partial charge in [0.05, 0.1) is 0 Å². The van der Waals surface area contributed by atoms with Crippen molar-refractivity contribution in [3.8, 4) is 0 Å². The Morgan fingerprint density at radius 2 is 2.05 bits per heavy atom. The molecule has 1 N–H and O–H groups in total. The predicted octanol–water partition coefficient (Wildman–Crippen LogP) is 3.62. The highest BCUT2D eigenvalue weighted by Crippen LogP contribution is 2.28. The molecule has 0 amide bonds. The van der Waals surface area contributed by atoms with Gasteiger partial charge in [-0.1, -0.05) is 13.0 Å². The number of nitrogens with zero attached hydrogens (tertiary/aromatic N) is 2. The molecule has 19 heavy (non-hydrogen) atoms. The lowest BCUT2D eigenvalue weighted by molar-refractivity contribution is 0.615. The molecule has 2 heterocycles. The van der Waals surface area contributed by atoms with Crippen molar-refractivity contribution in [3.63, 3.8) is 0 Å². The monoisotopic (exact) mass is 279 g/mol. The number of hydrogen-bond acceptors (Lipinski definition) is 4. The molecule has 1 aliphatic rings. The van der Waals surface area contributed by atoms with Crippen LogP contribution in [0, 0.1) is 0 Å². The van der Waals surface area contributed by atoms with Crippen LogP contribution in [-0.4, -0.2) is 34.1 Å². The Hall–Kier alpha value is -0.900. The fourth-order valence-electron chi connectivity index (χ4n) is 2.29. The lowest BCUT2D eigenvalue weighted by Gasteiger charge is -2.38. The Bertz CT molecular complexity index is 428. The quantitative estimate of drug-likeness (QED) is 0.895. The topological polar surface area (TPSA) is 28.2 Å². The number of anilines is 2. The van der Waals surface area contributed by atoms with Crippen LogP contribution in [0.2, 0.25) is 0 Å². The van der Waals surface area contributed by atoms with Crippen LogP contribution < -0.4 is 10.2 Å². The summed E-state index contributed by atoms with van der Waals surface area (Å²) < 4.78 is 0. The second-order valence-electron chi connectivity index (χ2n) is 6.27. The molecule has 4 heteroatoms. The van der Waals surface area contributed by atoms with Crippen molar-refractivity contribution in [2.75, 3.05) is 22.5 Å². The minimum absolute atomic E-state index is 0.0439. The summed E-state index contributed by atoms with van der Waals surface area (Å²) in [6, 6.07) is 6.79. The molecule has 106 valence electrons. The van der Waals surface area contributed by atoms with Crippen LogP contribution in [0.5, 0.6) is 0 Å². The molecule has 0 saturated carbocycles. The van der Waals surface area contributed by atoms with Crippen LogP contribution in [0.4, 0.5) is 11.6 Å². The molecule has 0 aliphatic carbocycles. The van der Waals surface area contributed by atoms with E-state index in [-0.39, 0.29) is 5.54 Å². The van der Waals surface area contributed by atoms with Gasteiger partial charge in [0.1, 0.15) is 11.6 Å². The highest BCUT2D eigenvalue weighted by atomic mass is 32.2. The molecule has 2 rings (SSSR count). The molecular formula is C15H25N3S. The third-order valence-electron chi connectivity index (χ3n) is 3.42. The summed E-state index contributed by atoms with van der Waals surface area (Å²) in [7, 11) is 0. The van der Waals surface area contributed by atoms with E-state index in [0.717, 1.165) is 18.2 Å². The van der Waals surface area contributed by atoms with Gasteiger partial charge in [0.2, 0.25) is 0 Å². The number of nitrogens with one attached hydrogen (secondary N) is 1. The Labute approximate surface area is 121 Å². The molecule has 0 radical (unpaired) electrons. The molecule has 1 aliphatic heterocycles.